The Kier molecular flexibility index (Phi) is 3.44. The fraction of sp³-hybridized carbons (Fsp3) is 0.273. The number of allylic oxidation sites excluding steroid dienone is 4. The predicted molar refractivity (Wildman–Crippen MR) is 56.3 cm³/mol. The van der Waals surface area contributed by atoms with Crippen LogP contribution in [0.1, 0.15) is 6.42 Å². The van der Waals surface area contributed by atoms with Gasteiger partial charge in [0.2, 0.25) is 0 Å². The van der Waals surface area contributed by atoms with Crippen molar-refractivity contribution >= 4 is 11.8 Å². The Morgan fingerprint density at radius 1 is 1.33 bits per heavy atom. The fourth-order valence-electron chi connectivity index (χ4n) is 1.16. The van der Waals surface area contributed by atoms with Gasteiger partial charge in [-0.3, -0.25) is 4.79 Å². The summed E-state index contributed by atoms with van der Waals surface area (Å²) in [5.41, 5.74) is 0.780. The number of carboxylic acids is 1. The van der Waals surface area contributed by atoms with Gasteiger partial charge in [0.1, 0.15) is 0 Å². The van der Waals surface area contributed by atoms with Crippen LogP contribution in [0, 0.1) is 0 Å². The number of ketones is 1. The van der Waals surface area contributed by atoms with Gasteiger partial charge in [-0.2, -0.15) is 0 Å². The molecule has 0 aliphatic heterocycles. The van der Waals surface area contributed by atoms with E-state index in [1.165, 1.54) is 12.2 Å². The molecule has 0 unspecified atom stereocenters. The average Bonchev–Trinajstić information content (AvgIpc) is 2.62. The Morgan fingerprint density at radius 3 is 2.40 bits per heavy atom. The first-order valence-corrected chi connectivity index (χ1v) is 4.52. The van der Waals surface area contributed by atoms with Crippen LogP contribution in [0.3, 0.4) is 0 Å². The Bertz CT molecular complexity index is 375. The highest BCUT2D eigenvalue weighted by atomic mass is 16.4. The molecule has 0 aromatic rings. The Morgan fingerprint density at radius 2 is 1.93 bits per heavy atom. The molecule has 0 saturated carbocycles. The van der Waals surface area contributed by atoms with Gasteiger partial charge in [-0.15, -0.1) is 0 Å². The normalized spacial score (nSPS) is 15.1. The summed E-state index contributed by atoms with van der Waals surface area (Å²) in [5, 5.41) is 8.69. The molecular formula is C11H13NO3. The smallest absolute Gasteiger partial charge is 0.331 e. The van der Waals surface area contributed by atoms with Gasteiger partial charge >= 0.3 is 5.97 Å². The Labute approximate surface area is 88.2 Å². The second-order valence-corrected chi connectivity index (χ2v) is 3.51. The van der Waals surface area contributed by atoms with Crippen molar-refractivity contribution in [3.05, 3.63) is 35.6 Å². The summed E-state index contributed by atoms with van der Waals surface area (Å²) in [6.45, 7) is 0. The van der Waals surface area contributed by atoms with Gasteiger partial charge in [-0.25, -0.2) is 4.79 Å². The highest BCUT2D eigenvalue weighted by Crippen LogP contribution is 2.20. The molecule has 0 fully saturated rings. The molecule has 1 aliphatic carbocycles. The third kappa shape index (κ3) is 3.09. The van der Waals surface area contributed by atoms with Crippen LogP contribution in [0.25, 0.3) is 0 Å². The van der Waals surface area contributed by atoms with Crippen LogP contribution < -0.4 is 0 Å². The van der Waals surface area contributed by atoms with E-state index in [1.807, 2.05) is 14.1 Å². The van der Waals surface area contributed by atoms with Crippen molar-refractivity contribution in [3.63, 3.8) is 0 Å². The predicted octanol–water partition coefficient (Wildman–Crippen LogP) is 0.972. The van der Waals surface area contributed by atoms with E-state index >= 15 is 0 Å². The van der Waals surface area contributed by atoms with Gasteiger partial charge in [0.05, 0.1) is 0 Å². The number of carbonyl (C=O) groups is 2. The standard InChI is InChI=1S/C11H13NO3/c1-12(2)6-5-10(13)8-3-4-9(7-8)11(14)15/h3-6H,7H2,1-2H3,(H,14,15)/b6-5+. The maximum atomic E-state index is 11.5. The molecule has 1 N–H and O–H groups in total. The summed E-state index contributed by atoms with van der Waals surface area (Å²) >= 11 is 0. The number of carboxylic acid groups (broad SMARTS) is 1. The van der Waals surface area contributed by atoms with Crippen LogP contribution in [0.5, 0.6) is 0 Å². The van der Waals surface area contributed by atoms with Crippen LogP contribution in [0.2, 0.25) is 0 Å². The number of carbonyl (C=O) groups excluding carboxylic acids is 1. The third-order valence-corrected chi connectivity index (χ3v) is 1.98. The molecule has 0 atom stereocenters. The quantitative estimate of drug-likeness (QED) is 0.698. The first kappa shape index (κ1) is 11.2. The van der Waals surface area contributed by atoms with Crippen molar-refractivity contribution in [1.29, 1.82) is 0 Å². The average molecular weight is 207 g/mol. The zero-order valence-electron chi connectivity index (χ0n) is 8.73. The summed E-state index contributed by atoms with van der Waals surface area (Å²) in [5.74, 6) is -1.11. The molecule has 80 valence electrons. The molecule has 4 heteroatoms. The summed E-state index contributed by atoms with van der Waals surface area (Å²) < 4.78 is 0. The molecule has 0 heterocycles. The van der Waals surface area contributed by atoms with Crippen LogP contribution in [-0.4, -0.2) is 35.9 Å². The van der Waals surface area contributed by atoms with Gasteiger partial charge in [-0.1, -0.05) is 12.2 Å². The lowest BCUT2D eigenvalue weighted by molar-refractivity contribution is -0.132. The van der Waals surface area contributed by atoms with E-state index in [2.05, 4.69) is 0 Å². The maximum absolute atomic E-state index is 11.5. The number of rotatable bonds is 4. The van der Waals surface area contributed by atoms with Gasteiger partial charge in [-0.05, 0) is 0 Å². The Hall–Kier alpha value is -1.84. The molecule has 1 aliphatic rings. The minimum atomic E-state index is -0.967. The van der Waals surface area contributed by atoms with E-state index in [9.17, 15) is 9.59 Å². The fourth-order valence-corrected chi connectivity index (χ4v) is 1.16. The van der Waals surface area contributed by atoms with Crippen molar-refractivity contribution in [1.82, 2.24) is 4.90 Å². The van der Waals surface area contributed by atoms with E-state index < -0.39 is 5.97 Å². The van der Waals surface area contributed by atoms with Gasteiger partial charge < -0.3 is 10.0 Å². The van der Waals surface area contributed by atoms with E-state index in [1.54, 1.807) is 17.2 Å². The molecule has 0 bridgehead atoms. The number of hydrogen-bond donors (Lipinski definition) is 1. The van der Waals surface area contributed by atoms with Crippen molar-refractivity contribution in [2.75, 3.05) is 14.1 Å². The number of aliphatic carboxylic acids is 1. The van der Waals surface area contributed by atoms with E-state index in [0.717, 1.165) is 0 Å². The second kappa shape index (κ2) is 4.59. The van der Waals surface area contributed by atoms with Crippen LogP contribution >= 0.6 is 0 Å². The molecule has 4 nitrogen and oxygen atoms in total. The van der Waals surface area contributed by atoms with Crippen LogP contribution in [0.4, 0.5) is 0 Å². The first-order chi connectivity index (χ1) is 7.00. The lowest BCUT2D eigenvalue weighted by Crippen LogP contribution is -2.05. The molecular weight excluding hydrogens is 194 g/mol. The van der Waals surface area contributed by atoms with Crippen LogP contribution in [-0.2, 0) is 9.59 Å². The van der Waals surface area contributed by atoms with E-state index in [-0.39, 0.29) is 17.8 Å². The molecule has 15 heavy (non-hydrogen) atoms. The van der Waals surface area contributed by atoms with Crippen LogP contribution in [0.15, 0.2) is 35.6 Å². The SMILES string of the molecule is CN(C)/C=C/C(=O)C1=CC=C(C(=O)O)C1. The molecule has 0 aromatic carbocycles. The second-order valence-electron chi connectivity index (χ2n) is 3.51. The zero-order valence-corrected chi connectivity index (χ0v) is 8.73. The molecule has 0 amide bonds. The van der Waals surface area contributed by atoms with Gasteiger partial charge in [0.25, 0.3) is 0 Å². The lowest BCUT2D eigenvalue weighted by Gasteiger charge is -2.03. The number of nitrogens with zero attached hydrogens (tertiary/aromatic N) is 1. The minimum Gasteiger partial charge on any atom is -0.478 e. The van der Waals surface area contributed by atoms with Crippen molar-refractivity contribution in [2.24, 2.45) is 0 Å². The highest BCUT2D eigenvalue weighted by Gasteiger charge is 2.17. The largest absolute Gasteiger partial charge is 0.478 e. The molecule has 1 rings (SSSR count). The van der Waals surface area contributed by atoms with E-state index in [0.29, 0.717) is 5.57 Å². The monoisotopic (exact) mass is 207 g/mol. The van der Waals surface area contributed by atoms with Gasteiger partial charge in [0, 0.05) is 43.9 Å². The Balaban J connectivity index is 2.57. The van der Waals surface area contributed by atoms with Crippen molar-refractivity contribution in [2.45, 2.75) is 6.42 Å². The zero-order chi connectivity index (χ0) is 11.4. The molecule has 0 spiro atoms. The molecule has 0 aromatic heterocycles. The summed E-state index contributed by atoms with van der Waals surface area (Å²) in [6.07, 6.45) is 6.32. The summed E-state index contributed by atoms with van der Waals surface area (Å²) in [6, 6.07) is 0. The van der Waals surface area contributed by atoms with Crippen molar-refractivity contribution < 1.29 is 14.7 Å². The third-order valence-electron chi connectivity index (χ3n) is 1.98. The number of hydrogen-bond acceptors (Lipinski definition) is 3. The molecule has 0 radical (unpaired) electrons. The maximum Gasteiger partial charge on any atom is 0.331 e. The minimum absolute atomic E-state index is 0.142. The highest BCUT2D eigenvalue weighted by molar-refractivity contribution is 6.06. The van der Waals surface area contributed by atoms with Crippen molar-refractivity contribution in [3.8, 4) is 0 Å². The van der Waals surface area contributed by atoms with Gasteiger partial charge in [0.15, 0.2) is 5.78 Å². The topological polar surface area (TPSA) is 57.6 Å². The lowest BCUT2D eigenvalue weighted by atomic mass is 10.1. The van der Waals surface area contributed by atoms with E-state index in [4.69, 9.17) is 5.11 Å². The molecule has 0 saturated heterocycles. The summed E-state index contributed by atoms with van der Waals surface area (Å²) in [4.78, 5) is 23.9. The summed E-state index contributed by atoms with van der Waals surface area (Å²) in [7, 11) is 3.63. The first-order valence-electron chi connectivity index (χ1n) is 4.52.